The number of hydrogen-bond acceptors (Lipinski definition) is 1. The Morgan fingerprint density at radius 1 is 1.19 bits per heavy atom. The number of carboxylic acids is 1. The average molecular weight is 349 g/mol. The van der Waals surface area contributed by atoms with Crippen molar-refractivity contribution in [3.8, 4) is 0 Å². The predicted molar refractivity (Wildman–Crippen MR) is 70.4 cm³/mol. The zero-order valence-electron chi connectivity index (χ0n) is 8.04. The van der Waals surface area contributed by atoms with Crippen molar-refractivity contribution in [1.29, 1.82) is 0 Å². The minimum Gasteiger partial charge on any atom is -0.478 e. The van der Waals surface area contributed by atoms with Gasteiger partial charge in [-0.2, -0.15) is 0 Å². The summed E-state index contributed by atoms with van der Waals surface area (Å²) in [4.78, 5) is 10.6. The third-order valence-corrected chi connectivity index (χ3v) is 5.32. The predicted octanol–water partition coefficient (Wildman–Crippen LogP) is 4.56. The molecule has 0 fully saturated rings. The van der Waals surface area contributed by atoms with Crippen LogP contribution in [0, 0.1) is 0 Å². The largest absolute Gasteiger partial charge is 0.478 e. The summed E-state index contributed by atoms with van der Waals surface area (Å²) < 4.78 is -5.52. The van der Waals surface area contributed by atoms with Crippen LogP contribution in [0.1, 0.15) is 13.3 Å². The van der Waals surface area contributed by atoms with E-state index in [4.69, 9.17) is 74.7 Å². The van der Waals surface area contributed by atoms with Gasteiger partial charge in [0.2, 0.25) is 0 Å². The summed E-state index contributed by atoms with van der Waals surface area (Å²) in [5.74, 6) is -1.26. The van der Waals surface area contributed by atoms with Crippen molar-refractivity contribution >= 4 is 75.6 Å². The van der Waals surface area contributed by atoms with E-state index in [-0.39, 0.29) is 12.0 Å². The highest BCUT2D eigenvalue weighted by Crippen LogP contribution is 2.56. The van der Waals surface area contributed by atoms with E-state index in [0.717, 1.165) is 0 Å². The average Bonchev–Trinajstić information content (AvgIpc) is 2.00. The zero-order valence-corrected chi connectivity index (χ0v) is 12.6. The summed E-state index contributed by atoms with van der Waals surface area (Å²) >= 11 is 34.9. The minimum absolute atomic E-state index is 0.256. The number of aliphatic carboxylic acids is 1. The molecule has 0 aromatic rings. The Bertz CT molecular complexity index is 304. The van der Waals surface area contributed by atoms with Crippen LogP contribution in [0.3, 0.4) is 0 Å². The fraction of sp³-hybridized carbons (Fsp3) is 0.625. The van der Waals surface area contributed by atoms with Crippen molar-refractivity contribution in [2.75, 3.05) is 0 Å². The van der Waals surface area contributed by atoms with Gasteiger partial charge in [-0.15, -0.1) is 0 Å². The summed E-state index contributed by atoms with van der Waals surface area (Å²) in [6.07, 6.45) is -0.381. The lowest BCUT2D eigenvalue weighted by Crippen LogP contribution is -2.48. The quantitative estimate of drug-likeness (QED) is 0.584. The maximum atomic E-state index is 10.6. The van der Waals surface area contributed by atoms with Crippen LogP contribution in [0.25, 0.3) is 0 Å². The molecule has 0 aromatic heterocycles. The Morgan fingerprint density at radius 2 is 1.56 bits per heavy atom. The number of hydrogen-bond donors (Lipinski definition) is 1. The van der Waals surface area contributed by atoms with Crippen molar-refractivity contribution in [3.63, 3.8) is 0 Å². The molecular formula is C8H8Cl6O2. The van der Waals surface area contributed by atoms with Crippen molar-refractivity contribution in [2.45, 2.75) is 26.3 Å². The maximum Gasteiger partial charge on any atom is 0.331 e. The summed E-state index contributed by atoms with van der Waals surface area (Å²) in [6.45, 7) is 4.55. The lowest BCUT2D eigenvalue weighted by molar-refractivity contribution is -0.132. The number of carboxylic acid groups (broad SMARTS) is 1. The fourth-order valence-corrected chi connectivity index (χ4v) is 2.13. The monoisotopic (exact) mass is 346 g/mol. The van der Waals surface area contributed by atoms with Crippen molar-refractivity contribution in [1.82, 2.24) is 0 Å². The van der Waals surface area contributed by atoms with Crippen LogP contribution in [0.2, 0.25) is 0 Å². The Balaban J connectivity index is 5.06. The third-order valence-electron chi connectivity index (χ3n) is 1.75. The van der Waals surface area contributed by atoms with Crippen LogP contribution in [-0.2, 0) is 4.79 Å². The highest BCUT2D eigenvalue weighted by atomic mass is 35.5. The Hall–Kier alpha value is 0.950. The van der Waals surface area contributed by atoms with Gasteiger partial charge < -0.3 is 5.11 Å². The number of rotatable bonds is 5. The second kappa shape index (κ2) is 5.29. The normalized spacial score (nSPS) is 13.7. The van der Waals surface area contributed by atoms with Crippen LogP contribution >= 0.6 is 69.6 Å². The first-order valence-electron chi connectivity index (χ1n) is 3.87. The Kier molecular flexibility index (Phi) is 5.61. The summed E-state index contributed by atoms with van der Waals surface area (Å²) in [7, 11) is 0. The first kappa shape index (κ1) is 16.9. The zero-order chi connectivity index (χ0) is 13.4. The smallest absolute Gasteiger partial charge is 0.331 e. The molecule has 0 bridgehead atoms. The molecule has 0 unspecified atom stereocenters. The maximum absolute atomic E-state index is 10.6. The van der Waals surface area contributed by atoms with Crippen molar-refractivity contribution in [3.05, 3.63) is 12.2 Å². The minimum atomic E-state index is -1.97. The molecule has 0 spiro atoms. The molecule has 1 N–H and O–H groups in total. The van der Waals surface area contributed by atoms with Gasteiger partial charge in [0.15, 0.2) is 13.0 Å². The van der Waals surface area contributed by atoms with E-state index in [0.29, 0.717) is 0 Å². The summed E-state index contributed by atoms with van der Waals surface area (Å²) in [6, 6.07) is 0. The highest BCUT2D eigenvalue weighted by Gasteiger charge is 2.58. The standard InChI is InChI=1S/C8H8Cl6O2/c1-4(5(15)16)3-7(11,12)8(13,14)6(2,9)10/h1,3H2,2H3,(H,15,16). The topological polar surface area (TPSA) is 37.3 Å². The van der Waals surface area contributed by atoms with Crippen molar-refractivity contribution < 1.29 is 9.90 Å². The Labute approximate surface area is 123 Å². The van der Waals surface area contributed by atoms with Gasteiger partial charge in [0.25, 0.3) is 0 Å². The van der Waals surface area contributed by atoms with Crippen LogP contribution in [0.4, 0.5) is 0 Å². The molecule has 0 amide bonds. The lowest BCUT2D eigenvalue weighted by Gasteiger charge is -2.39. The molecule has 0 aliphatic heterocycles. The van der Waals surface area contributed by atoms with Gasteiger partial charge in [0.05, 0.1) is 0 Å². The molecule has 0 saturated carbocycles. The molecular weight excluding hydrogens is 341 g/mol. The first-order chi connectivity index (χ1) is 6.83. The molecule has 0 aromatic carbocycles. The van der Waals surface area contributed by atoms with Crippen LogP contribution in [0.5, 0.6) is 0 Å². The highest BCUT2D eigenvalue weighted by molar-refractivity contribution is 6.69. The molecule has 2 nitrogen and oxygen atoms in total. The van der Waals surface area contributed by atoms with E-state index < -0.39 is 19.0 Å². The Morgan fingerprint density at radius 3 is 1.81 bits per heavy atom. The fourth-order valence-electron chi connectivity index (χ4n) is 0.776. The molecule has 0 atom stereocenters. The molecule has 8 heteroatoms. The van der Waals surface area contributed by atoms with Gasteiger partial charge in [-0.3, -0.25) is 0 Å². The molecule has 0 rings (SSSR count). The lowest BCUT2D eigenvalue weighted by atomic mass is 10.1. The van der Waals surface area contributed by atoms with E-state index >= 15 is 0 Å². The van der Waals surface area contributed by atoms with E-state index in [9.17, 15) is 4.79 Å². The molecule has 0 aliphatic carbocycles. The van der Waals surface area contributed by atoms with E-state index in [1.165, 1.54) is 6.92 Å². The van der Waals surface area contributed by atoms with Gasteiger partial charge in [0.1, 0.15) is 0 Å². The van der Waals surface area contributed by atoms with Gasteiger partial charge in [-0.1, -0.05) is 76.2 Å². The molecule has 0 saturated heterocycles. The molecule has 0 heterocycles. The molecule has 0 radical (unpaired) electrons. The van der Waals surface area contributed by atoms with Crippen LogP contribution < -0.4 is 0 Å². The second-order valence-electron chi connectivity index (χ2n) is 3.25. The summed E-state index contributed by atoms with van der Waals surface area (Å²) in [5, 5.41) is 8.64. The van der Waals surface area contributed by atoms with Gasteiger partial charge >= 0.3 is 5.97 Å². The van der Waals surface area contributed by atoms with Crippen LogP contribution in [-0.4, -0.2) is 24.1 Å². The molecule has 16 heavy (non-hydrogen) atoms. The second-order valence-corrected chi connectivity index (χ2v) is 7.77. The number of halogens is 6. The first-order valence-corrected chi connectivity index (χ1v) is 6.14. The van der Waals surface area contributed by atoms with Gasteiger partial charge in [-0.05, 0) is 6.92 Å². The molecule has 94 valence electrons. The van der Waals surface area contributed by atoms with Crippen molar-refractivity contribution in [2.24, 2.45) is 0 Å². The third kappa shape index (κ3) is 3.72. The number of carbonyl (C=O) groups is 1. The van der Waals surface area contributed by atoms with Gasteiger partial charge in [-0.25, -0.2) is 4.79 Å². The van der Waals surface area contributed by atoms with Gasteiger partial charge in [0, 0.05) is 12.0 Å². The van der Waals surface area contributed by atoms with E-state index in [1.54, 1.807) is 0 Å². The molecule has 0 aliphatic rings. The van der Waals surface area contributed by atoms with Crippen LogP contribution in [0.15, 0.2) is 12.2 Å². The van der Waals surface area contributed by atoms with E-state index in [2.05, 4.69) is 6.58 Å². The summed E-state index contributed by atoms with van der Waals surface area (Å²) in [5.41, 5.74) is -0.256. The SMILES string of the molecule is C=C(CC(Cl)(Cl)C(Cl)(Cl)C(C)(Cl)Cl)C(=O)O. The van der Waals surface area contributed by atoms with E-state index in [1.807, 2.05) is 0 Å². The number of alkyl halides is 6.